The zero-order valence-electron chi connectivity index (χ0n) is 9.27. The van der Waals surface area contributed by atoms with Gasteiger partial charge in [-0.05, 0) is 24.8 Å². The Labute approximate surface area is 90.0 Å². The molecule has 15 heavy (non-hydrogen) atoms. The number of hydrogen-bond donors (Lipinski definition) is 2. The number of carbonyl (C=O) groups excluding carboxylic acids is 1. The number of hydrogen-bond acceptors (Lipinski definition) is 5. The van der Waals surface area contributed by atoms with Gasteiger partial charge in [-0.2, -0.15) is 0 Å². The van der Waals surface area contributed by atoms with E-state index in [0.717, 1.165) is 18.7 Å². The van der Waals surface area contributed by atoms with Crippen molar-refractivity contribution in [3.63, 3.8) is 0 Å². The topological polar surface area (TPSA) is 76.7 Å². The molecule has 5 nitrogen and oxygen atoms in total. The highest BCUT2D eigenvalue weighted by atomic mass is 16.7. The highest BCUT2D eigenvalue weighted by Gasteiger charge is 2.21. The van der Waals surface area contributed by atoms with Crippen LogP contribution in [-0.2, 0) is 9.63 Å². The lowest BCUT2D eigenvalue weighted by molar-refractivity contribution is -0.117. The van der Waals surface area contributed by atoms with E-state index < -0.39 is 6.23 Å². The first-order chi connectivity index (χ1) is 7.15. The Morgan fingerprint density at radius 1 is 1.67 bits per heavy atom. The molecule has 86 valence electrons. The number of nitrogens with two attached hydrogens (primary N) is 1. The van der Waals surface area contributed by atoms with Crippen LogP contribution in [0.1, 0.15) is 26.7 Å². The van der Waals surface area contributed by atoms with E-state index >= 15 is 0 Å². The third kappa shape index (κ3) is 3.87. The van der Waals surface area contributed by atoms with E-state index in [1.807, 2.05) is 0 Å². The van der Waals surface area contributed by atoms with E-state index in [1.54, 1.807) is 0 Å². The standard InChI is InChI=1S/C10H19N3O2/c1-7(2)3-8(5-11)4-9-12-10(6-14)15-13-9/h6-8,10H,3-5,11H2,1-2H3,(H,12,13). The maximum Gasteiger partial charge on any atom is 0.254 e. The molecular weight excluding hydrogens is 194 g/mol. The van der Waals surface area contributed by atoms with Crippen molar-refractivity contribution in [3.8, 4) is 0 Å². The lowest BCUT2D eigenvalue weighted by atomic mass is 9.94. The van der Waals surface area contributed by atoms with E-state index in [9.17, 15) is 4.79 Å². The third-order valence-corrected chi connectivity index (χ3v) is 2.33. The number of carbonyl (C=O) groups is 1. The maximum atomic E-state index is 10.4. The summed E-state index contributed by atoms with van der Waals surface area (Å²) in [6.45, 7) is 4.96. The Morgan fingerprint density at radius 2 is 2.40 bits per heavy atom. The maximum absolute atomic E-state index is 10.4. The fraction of sp³-hybridized carbons (Fsp3) is 0.800. The first-order valence-electron chi connectivity index (χ1n) is 5.30. The normalized spacial score (nSPS) is 21.9. The van der Waals surface area contributed by atoms with Gasteiger partial charge < -0.3 is 15.9 Å². The summed E-state index contributed by atoms with van der Waals surface area (Å²) >= 11 is 0. The fourth-order valence-corrected chi connectivity index (χ4v) is 1.70. The Kier molecular flexibility index (Phi) is 4.55. The smallest absolute Gasteiger partial charge is 0.254 e. The first kappa shape index (κ1) is 12.0. The lowest BCUT2D eigenvalue weighted by Gasteiger charge is -2.16. The molecule has 2 unspecified atom stereocenters. The second kappa shape index (κ2) is 5.70. The van der Waals surface area contributed by atoms with Crippen molar-refractivity contribution in [2.45, 2.75) is 32.9 Å². The average Bonchev–Trinajstić information content (AvgIpc) is 2.64. The van der Waals surface area contributed by atoms with Crippen LogP contribution in [-0.4, -0.2) is 24.9 Å². The average molecular weight is 213 g/mol. The number of rotatable bonds is 6. The monoisotopic (exact) mass is 213 g/mol. The quantitative estimate of drug-likeness (QED) is 0.628. The summed E-state index contributed by atoms with van der Waals surface area (Å²) in [6, 6.07) is 0. The molecule has 0 saturated carbocycles. The van der Waals surface area contributed by atoms with Gasteiger partial charge in [0.1, 0.15) is 5.84 Å². The molecular formula is C10H19N3O2. The minimum absolute atomic E-state index is 0.394. The number of amidine groups is 1. The molecule has 0 spiro atoms. The van der Waals surface area contributed by atoms with Gasteiger partial charge in [0.25, 0.3) is 6.23 Å². The van der Waals surface area contributed by atoms with Crippen molar-refractivity contribution in [3.05, 3.63) is 0 Å². The van der Waals surface area contributed by atoms with Crippen LogP contribution >= 0.6 is 0 Å². The second-order valence-corrected chi connectivity index (χ2v) is 4.28. The molecule has 1 aliphatic heterocycles. The molecule has 0 amide bonds. The van der Waals surface area contributed by atoms with Gasteiger partial charge in [0.15, 0.2) is 6.29 Å². The van der Waals surface area contributed by atoms with E-state index in [-0.39, 0.29) is 0 Å². The van der Waals surface area contributed by atoms with Crippen LogP contribution in [0.3, 0.4) is 0 Å². The van der Waals surface area contributed by atoms with Gasteiger partial charge in [-0.15, -0.1) is 0 Å². The van der Waals surface area contributed by atoms with Crippen molar-refractivity contribution < 1.29 is 9.63 Å². The van der Waals surface area contributed by atoms with Gasteiger partial charge in [-0.25, -0.2) is 0 Å². The van der Waals surface area contributed by atoms with Crippen LogP contribution in [0.15, 0.2) is 5.16 Å². The van der Waals surface area contributed by atoms with Crippen LogP contribution in [0.5, 0.6) is 0 Å². The number of aldehydes is 1. The van der Waals surface area contributed by atoms with Crippen LogP contribution in [0.25, 0.3) is 0 Å². The SMILES string of the molecule is CC(C)CC(CN)CC1=NOC(C=O)N1. The Bertz CT molecular complexity index is 241. The predicted molar refractivity (Wildman–Crippen MR) is 58.1 cm³/mol. The van der Waals surface area contributed by atoms with E-state index in [1.165, 1.54) is 0 Å². The molecule has 1 heterocycles. The van der Waals surface area contributed by atoms with E-state index in [0.29, 0.717) is 24.7 Å². The van der Waals surface area contributed by atoms with E-state index in [2.05, 4.69) is 24.3 Å². The van der Waals surface area contributed by atoms with Crippen molar-refractivity contribution in [1.82, 2.24) is 5.32 Å². The Morgan fingerprint density at radius 3 is 2.87 bits per heavy atom. The van der Waals surface area contributed by atoms with Gasteiger partial charge in [0, 0.05) is 6.42 Å². The summed E-state index contributed by atoms with van der Waals surface area (Å²) in [5.74, 6) is 1.73. The minimum Gasteiger partial charge on any atom is -0.361 e. The summed E-state index contributed by atoms with van der Waals surface area (Å²) in [5, 5.41) is 6.68. The van der Waals surface area contributed by atoms with Gasteiger partial charge >= 0.3 is 0 Å². The molecule has 2 atom stereocenters. The van der Waals surface area contributed by atoms with Crippen molar-refractivity contribution >= 4 is 12.1 Å². The molecule has 0 aromatic carbocycles. The molecule has 1 rings (SSSR count). The number of nitrogens with zero attached hydrogens (tertiary/aromatic N) is 1. The van der Waals surface area contributed by atoms with Gasteiger partial charge in [-0.3, -0.25) is 4.79 Å². The summed E-state index contributed by atoms with van der Waals surface area (Å²) in [7, 11) is 0. The number of oxime groups is 1. The van der Waals surface area contributed by atoms with Gasteiger partial charge in [-0.1, -0.05) is 19.0 Å². The van der Waals surface area contributed by atoms with Gasteiger partial charge in [0.05, 0.1) is 0 Å². The molecule has 0 aromatic rings. The van der Waals surface area contributed by atoms with Crippen LogP contribution in [0.2, 0.25) is 0 Å². The zero-order chi connectivity index (χ0) is 11.3. The van der Waals surface area contributed by atoms with Crippen LogP contribution < -0.4 is 11.1 Å². The second-order valence-electron chi connectivity index (χ2n) is 4.28. The highest BCUT2D eigenvalue weighted by molar-refractivity contribution is 5.85. The molecule has 0 aromatic heterocycles. The van der Waals surface area contributed by atoms with Crippen LogP contribution in [0, 0.1) is 11.8 Å². The number of nitrogens with one attached hydrogen (secondary N) is 1. The summed E-state index contributed by atoms with van der Waals surface area (Å²) < 4.78 is 0. The molecule has 0 bridgehead atoms. The predicted octanol–water partition coefficient (Wildman–Crippen LogP) is 0.456. The fourth-order valence-electron chi connectivity index (χ4n) is 1.70. The van der Waals surface area contributed by atoms with Crippen molar-refractivity contribution in [2.75, 3.05) is 6.54 Å². The molecule has 0 fully saturated rings. The van der Waals surface area contributed by atoms with Crippen molar-refractivity contribution in [2.24, 2.45) is 22.7 Å². The Balaban J connectivity index is 2.36. The molecule has 0 radical (unpaired) electrons. The lowest BCUT2D eigenvalue weighted by Crippen LogP contribution is -2.33. The third-order valence-electron chi connectivity index (χ3n) is 2.33. The van der Waals surface area contributed by atoms with E-state index in [4.69, 9.17) is 10.6 Å². The van der Waals surface area contributed by atoms with Crippen LogP contribution in [0.4, 0.5) is 0 Å². The van der Waals surface area contributed by atoms with Crippen molar-refractivity contribution in [1.29, 1.82) is 0 Å². The van der Waals surface area contributed by atoms with Gasteiger partial charge in [0.2, 0.25) is 0 Å². The molecule has 3 N–H and O–H groups in total. The summed E-state index contributed by atoms with van der Waals surface area (Å²) in [5.41, 5.74) is 5.67. The highest BCUT2D eigenvalue weighted by Crippen LogP contribution is 2.15. The molecule has 0 saturated heterocycles. The largest absolute Gasteiger partial charge is 0.361 e. The molecule has 5 heteroatoms. The molecule has 1 aliphatic rings. The summed E-state index contributed by atoms with van der Waals surface area (Å²) in [4.78, 5) is 15.2. The summed E-state index contributed by atoms with van der Waals surface area (Å²) in [6.07, 6.45) is 1.88. The molecule has 0 aliphatic carbocycles. The minimum atomic E-state index is -0.613. The Hall–Kier alpha value is -1.10. The first-order valence-corrected chi connectivity index (χ1v) is 5.30. The zero-order valence-corrected chi connectivity index (χ0v) is 9.27.